The Kier molecular flexibility index (Phi) is 7.11. The van der Waals surface area contributed by atoms with E-state index in [1.54, 1.807) is 0 Å². The predicted octanol–water partition coefficient (Wildman–Crippen LogP) is 4.31. The molecule has 0 saturated heterocycles. The summed E-state index contributed by atoms with van der Waals surface area (Å²) < 4.78 is 57.5. The van der Waals surface area contributed by atoms with Gasteiger partial charge in [-0.2, -0.15) is 13.2 Å². The Morgan fingerprint density at radius 3 is 2.57 bits per heavy atom. The van der Waals surface area contributed by atoms with Crippen LogP contribution in [0.4, 0.5) is 17.6 Å². The molecule has 1 aromatic carbocycles. The molecule has 1 aromatic rings. The van der Waals surface area contributed by atoms with E-state index in [0.29, 0.717) is 26.0 Å². The second kappa shape index (κ2) is 8.34. The van der Waals surface area contributed by atoms with Crippen LogP contribution >= 0.6 is 0 Å². The number of ether oxygens (including phenoxy) is 1. The zero-order valence-electron chi connectivity index (χ0n) is 12.3. The van der Waals surface area contributed by atoms with E-state index in [2.05, 4.69) is 5.32 Å². The average molecular weight is 307 g/mol. The fourth-order valence-corrected chi connectivity index (χ4v) is 2.20. The van der Waals surface area contributed by atoms with Gasteiger partial charge in [0.15, 0.2) is 0 Å². The molecule has 21 heavy (non-hydrogen) atoms. The number of rotatable bonds is 8. The summed E-state index contributed by atoms with van der Waals surface area (Å²) in [5.41, 5.74) is -0.818. The molecule has 0 spiro atoms. The van der Waals surface area contributed by atoms with E-state index in [9.17, 15) is 17.6 Å². The zero-order valence-corrected chi connectivity index (χ0v) is 12.3. The van der Waals surface area contributed by atoms with Crippen molar-refractivity contribution in [2.45, 2.75) is 38.4 Å². The molecule has 0 fully saturated rings. The summed E-state index contributed by atoms with van der Waals surface area (Å²) in [6.07, 6.45) is -2.64. The third-order valence-corrected chi connectivity index (χ3v) is 3.18. The Bertz CT molecular complexity index is 434. The van der Waals surface area contributed by atoms with Gasteiger partial charge in [0.25, 0.3) is 0 Å². The summed E-state index contributed by atoms with van der Waals surface area (Å²) in [5, 5.41) is 3.06. The van der Waals surface area contributed by atoms with Gasteiger partial charge in [-0.05, 0) is 49.6 Å². The molecule has 120 valence electrons. The van der Waals surface area contributed by atoms with Crippen molar-refractivity contribution in [2.75, 3.05) is 20.3 Å². The van der Waals surface area contributed by atoms with Crippen LogP contribution in [0.1, 0.15) is 43.4 Å². The summed E-state index contributed by atoms with van der Waals surface area (Å²) in [6.45, 7) is 2.96. The van der Waals surface area contributed by atoms with Gasteiger partial charge in [-0.1, -0.05) is 6.92 Å². The Morgan fingerprint density at radius 2 is 2.00 bits per heavy atom. The summed E-state index contributed by atoms with van der Waals surface area (Å²) >= 11 is 0. The number of nitrogens with one attached hydrogen (secondary N) is 1. The molecule has 1 atom stereocenters. The third kappa shape index (κ3) is 5.63. The lowest BCUT2D eigenvalue weighted by Crippen LogP contribution is -2.25. The van der Waals surface area contributed by atoms with E-state index in [1.165, 1.54) is 7.11 Å². The van der Waals surface area contributed by atoms with Crippen molar-refractivity contribution in [1.29, 1.82) is 0 Å². The molecule has 1 N–H and O–H groups in total. The highest BCUT2D eigenvalue weighted by Gasteiger charge is 2.35. The molecule has 0 aliphatic heterocycles. The molecular weight excluding hydrogens is 286 g/mol. The van der Waals surface area contributed by atoms with Gasteiger partial charge in [0, 0.05) is 19.8 Å². The van der Waals surface area contributed by atoms with Crippen LogP contribution < -0.4 is 5.32 Å². The Morgan fingerprint density at radius 1 is 1.29 bits per heavy atom. The van der Waals surface area contributed by atoms with Crippen LogP contribution in [-0.2, 0) is 10.9 Å². The quantitative estimate of drug-likeness (QED) is 0.571. The van der Waals surface area contributed by atoms with Gasteiger partial charge in [0.1, 0.15) is 5.82 Å². The van der Waals surface area contributed by atoms with Gasteiger partial charge in [-0.25, -0.2) is 4.39 Å². The molecule has 6 heteroatoms. The number of benzene rings is 1. The predicted molar refractivity (Wildman–Crippen MR) is 73.5 cm³/mol. The van der Waals surface area contributed by atoms with Gasteiger partial charge in [0.05, 0.1) is 5.56 Å². The third-order valence-electron chi connectivity index (χ3n) is 3.18. The van der Waals surface area contributed by atoms with Crippen molar-refractivity contribution in [1.82, 2.24) is 5.32 Å². The first-order valence-corrected chi connectivity index (χ1v) is 6.99. The summed E-state index contributed by atoms with van der Waals surface area (Å²) in [7, 11) is 1.54. The monoisotopic (exact) mass is 307 g/mol. The lowest BCUT2D eigenvalue weighted by Gasteiger charge is -2.23. The van der Waals surface area contributed by atoms with E-state index in [0.717, 1.165) is 24.6 Å². The highest BCUT2D eigenvalue weighted by atomic mass is 19.4. The molecule has 2 nitrogen and oxygen atoms in total. The van der Waals surface area contributed by atoms with Gasteiger partial charge in [-0.3, -0.25) is 0 Å². The maximum absolute atomic E-state index is 13.4. The SMILES string of the molecule is CCCNC(CCCOC)c1cc(F)ccc1C(F)(F)F. The minimum Gasteiger partial charge on any atom is -0.385 e. The molecule has 0 radical (unpaired) electrons. The zero-order chi connectivity index (χ0) is 15.9. The first kappa shape index (κ1) is 17.9. The molecule has 0 amide bonds. The second-order valence-corrected chi connectivity index (χ2v) is 4.87. The molecule has 0 aliphatic carbocycles. The fraction of sp³-hybridized carbons (Fsp3) is 0.600. The van der Waals surface area contributed by atoms with Gasteiger partial charge in [-0.15, -0.1) is 0 Å². The lowest BCUT2D eigenvalue weighted by molar-refractivity contribution is -0.138. The van der Waals surface area contributed by atoms with Gasteiger partial charge < -0.3 is 10.1 Å². The second-order valence-electron chi connectivity index (χ2n) is 4.87. The molecule has 1 unspecified atom stereocenters. The standard InChI is InChI=1S/C15H21F4NO/c1-3-8-20-14(5-4-9-21-2)12-10-11(16)6-7-13(12)15(17,18)19/h6-7,10,14,20H,3-5,8-9H2,1-2H3. The van der Waals surface area contributed by atoms with Crippen LogP contribution in [0.2, 0.25) is 0 Å². The van der Waals surface area contributed by atoms with Crippen molar-refractivity contribution >= 4 is 0 Å². The molecule has 1 rings (SSSR count). The van der Waals surface area contributed by atoms with Crippen LogP contribution in [0.3, 0.4) is 0 Å². The van der Waals surface area contributed by atoms with Crippen molar-refractivity contribution in [3.8, 4) is 0 Å². The Balaban J connectivity index is 3.06. The summed E-state index contributed by atoms with van der Waals surface area (Å²) in [6, 6.07) is 2.09. The number of methoxy groups -OCH3 is 1. The maximum atomic E-state index is 13.4. The first-order chi connectivity index (χ1) is 9.90. The van der Waals surface area contributed by atoms with Crippen LogP contribution in [-0.4, -0.2) is 20.3 Å². The molecule has 0 heterocycles. The van der Waals surface area contributed by atoms with E-state index in [1.807, 2.05) is 6.92 Å². The van der Waals surface area contributed by atoms with Crippen LogP contribution in [0.5, 0.6) is 0 Å². The summed E-state index contributed by atoms with van der Waals surface area (Å²) in [4.78, 5) is 0. The van der Waals surface area contributed by atoms with Crippen molar-refractivity contribution in [3.05, 3.63) is 35.1 Å². The minimum absolute atomic E-state index is 0.0351. The highest BCUT2D eigenvalue weighted by molar-refractivity contribution is 5.33. The Labute approximate surface area is 122 Å². The van der Waals surface area contributed by atoms with E-state index in [4.69, 9.17) is 4.74 Å². The Hall–Kier alpha value is -1.14. The molecular formula is C15H21F4NO. The smallest absolute Gasteiger partial charge is 0.385 e. The maximum Gasteiger partial charge on any atom is 0.416 e. The first-order valence-electron chi connectivity index (χ1n) is 6.99. The largest absolute Gasteiger partial charge is 0.416 e. The number of alkyl halides is 3. The van der Waals surface area contributed by atoms with Crippen LogP contribution in [0, 0.1) is 5.82 Å². The molecule has 0 aliphatic rings. The van der Waals surface area contributed by atoms with Gasteiger partial charge in [0.2, 0.25) is 0 Å². The fourth-order valence-electron chi connectivity index (χ4n) is 2.20. The van der Waals surface area contributed by atoms with E-state index < -0.39 is 23.6 Å². The van der Waals surface area contributed by atoms with Crippen molar-refractivity contribution in [2.24, 2.45) is 0 Å². The van der Waals surface area contributed by atoms with E-state index in [-0.39, 0.29) is 5.56 Å². The number of halogens is 4. The van der Waals surface area contributed by atoms with E-state index >= 15 is 0 Å². The minimum atomic E-state index is -4.49. The molecule has 0 bridgehead atoms. The van der Waals surface area contributed by atoms with Crippen LogP contribution in [0.15, 0.2) is 18.2 Å². The lowest BCUT2D eigenvalue weighted by atomic mass is 9.96. The average Bonchev–Trinajstić information content (AvgIpc) is 2.41. The normalized spacial score (nSPS) is 13.4. The number of hydrogen-bond acceptors (Lipinski definition) is 2. The van der Waals surface area contributed by atoms with Crippen molar-refractivity contribution < 1.29 is 22.3 Å². The van der Waals surface area contributed by atoms with Crippen molar-refractivity contribution in [3.63, 3.8) is 0 Å². The highest BCUT2D eigenvalue weighted by Crippen LogP contribution is 2.36. The summed E-state index contributed by atoms with van der Waals surface area (Å²) in [5.74, 6) is -0.659. The van der Waals surface area contributed by atoms with Gasteiger partial charge >= 0.3 is 6.18 Å². The number of hydrogen-bond donors (Lipinski definition) is 1. The molecule has 0 aromatic heterocycles. The van der Waals surface area contributed by atoms with Crippen LogP contribution in [0.25, 0.3) is 0 Å². The molecule has 0 saturated carbocycles. The topological polar surface area (TPSA) is 21.3 Å².